The number of anilines is 2. The van der Waals surface area contributed by atoms with Gasteiger partial charge in [0.1, 0.15) is 0 Å². The molecule has 0 radical (unpaired) electrons. The van der Waals surface area contributed by atoms with Gasteiger partial charge in [-0.3, -0.25) is 4.79 Å². The average Bonchev–Trinajstić information content (AvgIpc) is 2.60. The summed E-state index contributed by atoms with van der Waals surface area (Å²) < 4.78 is 16.1. The van der Waals surface area contributed by atoms with Crippen LogP contribution in [0.1, 0.15) is 6.42 Å². The van der Waals surface area contributed by atoms with Crippen molar-refractivity contribution < 1.29 is 19.0 Å². The van der Waals surface area contributed by atoms with Crippen LogP contribution in [0.2, 0.25) is 0 Å². The molecule has 108 valence electrons. The smallest absolute Gasteiger partial charge is 0.226 e. The van der Waals surface area contributed by atoms with E-state index >= 15 is 0 Å². The van der Waals surface area contributed by atoms with Crippen LogP contribution in [0.4, 0.5) is 11.4 Å². The van der Waals surface area contributed by atoms with Gasteiger partial charge < -0.3 is 24.4 Å². The monoisotopic (exact) mass is 278 g/mol. The number of carbonyl (C=O) groups excluding carboxylic acids is 1. The number of nitrogens with zero attached hydrogens (tertiary/aromatic N) is 1. The molecule has 1 aromatic carbocycles. The molecule has 0 aliphatic carbocycles. The Morgan fingerprint density at radius 2 is 2.05 bits per heavy atom. The SMILES string of the molecule is COc1cc2c(cc1OC)N1CCOCC1CC(=O)N2. The summed E-state index contributed by atoms with van der Waals surface area (Å²) in [4.78, 5) is 14.2. The van der Waals surface area contributed by atoms with E-state index in [0.717, 1.165) is 17.9 Å². The van der Waals surface area contributed by atoms with E-state index in [1.54, 1.807) is 14.2 Å². The van der Waals surface area contributed by atoms with Crippen molar-refractivity contribution >= 4 is 17.3 Å². The quantitative estimate of drug-likeness (QED) is 0.882. The van der Waals surface area contributed by atoms with E-state index in [4.69, 9.17) is 14.2 Å². The van der Waals surface area contributed by atoms with Gasteiger partial charge in [-0.2, -0.15) is 0 Å². The first kappa shape index (κ1) is 13.1. The van der Waals surface area contributed by atoms with Crippen LogP contribution in [-0.4, -0.2) is 45.9 Å². The van der Waals surface area contributed by atoms with Gasteiger partial charge in [-0.25, -0.2) is 0 Å². The fourth-order valence-corrected chi connectivity index (χ4v) is 2.76. The Balaban J connectivity index is 2.09. The lowest BCUT2D eigenvalue weighted by molar-refractivity contribution is -0.116. The summed E-state index contributed by atoms with van der Waals surface area (Å²) >= 11 is 0. The van der Waals surface area contributed by atoms with Gasteiger partial charge in [0.2, 0.25) is 5.91 Å². The molecule has 2 heterocycles. The van der Waals surface area contributed by atoms with Crippen LogP contribution in [0.25, 0.3) is 0 Å². The number of hydrogen-bond donors (Lipinski definition) is 1. The molecule has 6 nitrogen and oxygen atoms in total. The minimum absolute atomic E-state index is 0.00327. The number of amides is 1. The Morgan fingerprint density at radius 1 is 1.30 bits per heavy atom. The molecular formula is C14H18N2O4. The maximum atomic E-state index is 12.0. The first-order valence-electron chi connectivity index (χ1n) is 6.63. The topological polar surface area (TPSA) is 60.0 Å². The second-order valence-corrected chi connectivity index (χ2v) is 4.90. The molecule has 1 amide bonds. The Morgan fingerprint density at radius 3 is 2.80 bits per heavy atom. The second-order valence-electron chi connectivity index (χ2n) is 4.90. The van der Waals surface area contributed by atoms with Crippen LogP contribution in [0.3, 0.4) is 0 Å². The molecule has 0 aromatic heterocycles. The largest absolute Gasteiger partial charge is 0.493 e. The highest BCUT2D eigenvalue weighted by molar-refractivity contribution is 5.97. The third kappa shape index (κ3) is 2.16. The molecule has 1 aromatic rings. The summed E-state index contributed by atoms with van der Waals surface area (Å²) in [6, 6.07) is 3.80. The van der Waals surface area contributed by atoms with Crippen LogP contribution < -0.4 is 19.7 Å². The minimum Gasteiger partial charge on any atom is -0.493 e. The van der Waals surface area contributed by atoms with Gasteiger partial charge in [0.25, 0.3) is 0 Å². The molecular weight excluding hydrogens is 260 g/mol. The molecule has 20 heavy (non-hydrogen) atoms. The number of morpholine rings is 1. The fraction of sp³-hybridized carbons (Fsp3) is 0.500. The van der Waals surface area contributed by atoms with Gasteiger partial charge in [-0.1, -0.05) is 0 Å². The van der Waals surface area contributed by atoms with Crippen molar-refractivity contribution in [1.29, 1.82) is 0 Å². The fourth-order valence-electron chi connectivity index (χ4n) is 2.76. The van der Waals surface area contributed by atoms with Crippen LogP contribution in [-0.2, 0) is 9.53 Å². The molecule has 2 aliphatic rings. The number of benzene rings is 1. The number of hydrogen-bond acceptors (Lipinski definition) is 5. The molecule has 6 heteroatoms. The Labute approximate surface area is 117 Å². The van der Waals surface area contributed by atoms with Crippen LogP contribution in [0.5, 0.6) is 11.5 Å². The predicted octanol–water partition coefficient (Wildman–Crippen LogP) is 1.25. The van der Waals surface area contributed by atoms with Crippen molar-refractivity contribution in [3.8, 4) is 11.5 Å². The summed E-state index contributed by atoms with van der Waals surface area (Å²) in [6.07, 6.45) is 0.430. The number of ether oxygens (including phenoxy) is 3. The number of fused-ring (bicyclic) bond motifs is 3. The molecule has 3 rings (SSSR count). The van der Waals surface area contributed by atoms with Gasteiger partial charge in [-0.15, -0.1) is 0 Å². The summed E-state index contributed by atoms with van der Waals surface area (Å²) in [7, 11) is 3.19. The highest BCUT2D eigenvalue weighted by atomic mass is 16.5. The van der Waals surface area contributed by atoms with E-state index in [9.17, 15) is 4.79 Å². The molecule has 0 spiro atoms. The maximum Gasteiger partial charge on any atom is 0.226 e. The van der Waals surface area contributed by atoms with E-state index in [2.05, 4.69) is 10.2 Å². The molecule has 0 bridgehead atoms. The normalized spacial score (nSPS) is 21.4. The highest BCUT2D eigenvalue weighted by Gasteiger charge is 2.31. The molecule has 0 saturated carbocycles. The molecule has 1 fully saturated rings. The minimum atomic E-state index is -0.00327. The third-order valence-corrected chi connectivity index (χ3v) is 3.73. The van der Waals surface area contributed by atoms with E-state index < -0.39 is 0 Å². The van der Waals surface area contributed by atoms with Gasteiger partial charge in [0.15, 0.2) is 11.5 Å². The van der Waals surface area contributed by atoms with Crippen molar-refractivity contribution in [3.63, 3.8) is 0 Å². The number of carbonyl (C=O) groups is 1. The van der Waals surface area contributed by atoms with Crippen molar-refractivity contribution in [3.05, 3.63) is 12.1 Å². The zero-order valence-electron chi connectivity index (χ0n) is 11.6. The summed E-state index contributed by atoms with van der Waals surface area (Å²) in [5.74, 6) is 1.27. The number of methoxy groups -OCH3 is 2. The van der Waals surface area contributed by atoms with Gasteiger partial charge >= 0.3 is 0 Å². The molecule has 1 saturated heterocycles. The maximum absolute atomic E-state index is 12.0. The van der Waals surface area contributed by atoms with Crippen molar-refractivity contribution in [2.45, 2.75) is 12.5 Å². The van der Waals surface area contributed by atoms with Gasteiger partial charge in [0.05, 0.1) is 44.8 Å². The van der Waals surface area contributed by atoms with Crippen LogP contribution in [0, 0.1) is 0 Å². The first-order chi connectivity index (χ1) is 9.72. The van der Waals surface area contributed by atoms with Gasteiger partial charge in [0, 0.05) is 25.1 Å². The summed E-state index contributed by atoms with van der Waals surface area (Å²) in [5.41, 5.74) is 1.72. The lowest BCUT2D eigenvalue weighted by Gasteiger charge is -2.36. The first-order valence-corrected chi connectivity index (χ1v) is 6.63. The third-order valence-electron chi connectivity index (χ3n) is 3.73. The van der Waals surface area contributed by atoms with Gasteiger partial charge in [-0.05, 0) is 0 Å². The Bertz CT molecular complexity index is 532. The van der Waals surface area contributed by atoms with Crippen molar-refractivity contribution in [1.82, 2.24) is 0 Å². The lowest BCUT2D eigenvalue weighted by atomic mass is 10.1. The second kappa shape index (κ2) is 5.20. The predicted molar refractivity (Wildman–Crippen MR) is 74.7 cm³/mol. The lowest BCUT2D eigenvalue weighted by Crippen LogP contribution is -2.45. The molecule has 1 N–H and O–H groups in total. The Hall–Kier alpha value is -1.95. The van der Waals surface area contributed by atoms with Crippen molar-refractivity contribution in [2.24, 2.45) is 0 Å². The van der Waals surface area contributed by atoms with Crippen LogP contribution in [0.15, 0.2) is 12.1 Å². The Kier molecular flexibility index (Phi) is 3.40. The highest BCUT2D eigenvalue weighted by Crippen LogP contribution is 2.41. The molecule has 2 aliphatic heterocycles. The van der Waals surface area contributed by atoms with E-state index in [1.807, 2.05) is 12.1 Å². The number of rotatable bonds is 2. The summed E-state index contributed by atoms with van der Waals surface area (Å²) in [5, 5.41) is 2.93. The van der Waals surface area contributed by atoms with Crippen molar-refractivity contribution in [2.75, 3.05) is 44.2 Å². The molecule has 1 unspecified atom stereocenters. The van der Waals surface area contributed by atoms with E-state index in [1.165, 1.54) is 0 Å². The van der Waals surface area contributed by atoms with Crippen LogP contribution >= 0.6 is 0 Å². The average molecular weight is 278 g/mol. The number of nitrogens with one attached hydrogen (secondary N) is 1. The standard InChI is InChI=1S/C14H18N2O4/c1-18-12-6-10-11(7-13(12)19-2)16-3-4-20-8-9(16)5-14(17)15-10/h6-7,9H,3-5,8H2,1-2H3,(H,15,17). The van der Waals surface area contributed by atoms with E-state index in [0.29, 0.717) is 31.1 Å². The molecule has 1 atom stereocenters. The van der Waals surface area contributed by atoms with E-state index in [-0.39, 0.29) is 11.9 Å². The zero-order valence-corrected chi connectivity index (χ0v) is 11.6. The summed E-state index contributed by atoms with van der Waals surface area (Å²) in [6.45, 7) is 2.00. The zero-order chi connectivity index (χ0) is 14.1.